The van der Waals surface area contributed by atoms with E-state index in [-0.39, 0.29) is 11.7 Å². The van der Waals surface area contributed by atoms with E-state index in [0.29, 0.717) is 38.3 Å². The molecule has 0 spiro atoms. The number of hydrogen-bond donors (Lipinski definition) is 1. The van der Waals surface area contributed by atoms with Crippen LogP contribution in [-0.4, -0.2) is 31.2 Å². The number of rotatable bonds is 5. The Kier molecular flexibility index (Phi) is 5.80. The second kappa shape index (κ2) is 8.08. The molecule has 1 aromatic carbocycles. The quantitative estimate of drug-likeness (QED) is 0.479. The fourth-order valence-corrected chi connectivity index (χ4v) is 11.0. The molecular weight excluding hydrogens is 435 g/mol. The van der Waals surface area contributed by atoms with Crippen molar-refractivity contribution in [2.24, 2.45) is 0 Å². The van der Waals surface area contributed by atoms with Crippen molar-refractivity contribution in [1.29, 1.82) is 0 Å². The molecule has 0 saturated heterocycles. The summed E-state index contributed by atoms with van der Waals surface area (Å²) in [5.74, 6) is -0.114. The number of fused-ring (bicyclic) bond motifs is 1. The SMILES string of the molecule is CC(C)S(C(C)C)(C(C)C)n1ccc(C2=C/C(=C3\C(=O)Nc4cc(F)ccc43)OC2(C)C)c1. The summed E-state index contributed by atoms with van der Waals surface area (Å²) in [5.41, 5.74) is 3.16. The molecule has 33 heavy (non-hydrogen) atoms. The number of amides is 1. The minimum Gasteiger partial charge on any atom is -0.482 e. The monoisotopic (exact) mass is 470 g/mol. The smallest absolute Gasteiger partial charge is 0.260 e. The molecular formula is C27H35FN2O2S. The number of carbonyl (C=O) groups excluding carboxylic acids is 1. The van der Waals surface area contributed by atoms with Gasteiger partial charge in [-0.25, -0.2) is 4.39 Å². The van der Waals surface area contributed by atoms with Gasteiger partial charge in [-0.2, -0.15) is 10.2 Å². The van der Waals surface area contributed by atoms with Crippen molar-refractivity contribution < 1.29 is 13.9 Å². The van der Waals surface area contributed by atoms with Gasteiger partial charge in [0.1, 0.15) is 17.2 Å². The van der Waals surface area contributed by atoms with Crippen LogP contribution in [0, 0.1) is 5.82 Å². The molecule has 1 amide bonds. The summed E-state index contributed by atoms with van der Waals surface area (Å²) in [6.45, 7) is 18.0. The molecule has 0 saturated carbocycles. The molecule has 1 N–H and O–H groups in total. The lowest BCUT2D eigenvalue weighted by Gasteiger charge is -2.52. The van der Waals surface area contributed by atoms with E-state index in [1.54, 1.807) is 6.07 Å². The zero-order valence-electron chi connectivity index (χ0n) is 20.8. The summed E-state index contributed by atoms with van der Waals surface area (Å²) in [5, 5.41) is 4.38. The molecule has 0 atom stereocenters. The van der Waals surface area contributed by atoms with E-state index < -0.39 is 15.8 Å². The fourth-order valence-electron chi connectivity index (χ4n) is 5.70. The zero-order chi connectivity index (χ0) is 24.3. The van der Waals surface area contributed by atoms with Gasteiger partial charge in [0.05, 0.1) is 11.3 Å². The van der Waals surface area contributed by atoms with Gasteiger partial charge in [0.25, 0.3) is 5.91 Å². The van der Waals surface area contributed by atoms with Gasteiger partial charge in [0.15, 0.2) is 0 Å². The molecule has 0 unspecified atom stereocenters. The Bertz CT molecular complexity index is 1150. The van der Waals surface area contributed by atoms with Crippen LogP contribution in [0.3, 0.4) is 0 Å². The number of anilines is 1. The average molecular weight is 471 g/mol. The molecule has 2 aliphatic rings. The predicted octanol–water partition coefficient (Wildman–Crippen LogP) is 6.98. The van der Waals surface area contributed by atoms with E-state index in [1.165, 1.54) is 12.1 Å². The van der Waals surface area contributed by atoms with Gasteiger partial charge in [-0.1, -0.05) is 41.5 Å². The highest BCUT2D eigenvalue weighted by atomic mass is 32.3. The number of halogens is 1. The van der Waals surface area contributed by atoms with Gasteiger partial charge >= 0.3 is 0 Å². The Hall–Kier alpha value is -2.47. The number of ether oxygens (including phenoxy) is 1. The van der Waals surface area contributed by atoms with Crippen LogP contribution in [0.15, 0.2) is 48.5 Å². The lowest BCUT2D eigenvalue weighted by atomic mass is 9.94. The second-order valence-electron chi connectivity index (χ2n) is 10.2. The summed E-state index contributed by atoms with van der Waals surface area (Å²) in [6.07, 6.45) is 6.45. The molecule has 0 radical (unpaired) electrons. The first-order valence-corrected chi connectivity index (χ1v) is 13.4. The van der Waals surface area contributed by atoms with E-state index in [9.17, 15) is 9.18 Å². The minimum absolute atomic E-state index is 0.264. The van der Waals surface area contributed by atoms with E-state index in [0.717, 1.165) is 11.1 Å². The van der Waals surface area contributed by atoms with Crippen LogP contribution in [0.1, 0.15) is 66.5 Å². The molecule has 1 aromatic heterocycles. The van der Waals surface area contributed by atoms with Crippen LogP contribution in [0.5, 0.6) is 0 Å². The molecule has 6 heteroatoms. The Balaban J connectivity index is 1.82. The fraction of sp³-hybridized carbons (Fsp3) is 0.444. The molecule has 178 valence electrons. The van der Waals surface area contributed by atoms with Crippen molar-refractivity contribution in [3.05, 3.63) is 65.4 Å². The van der Waals surface area contributed by atoms with Gasteiger partial charge in [-0.15, -0.1) is 0 Å². The van der Waals surface area contributed by atoms with E-state index in [2.05, 4.69) is 69.3 Å². The van der Waals surface area contributed by atoms with Gasteiger partial charge in [0, 0.05) is 44.8 Å². The van der Waals surface area contributed by atoms with Crippen LogP contribution in [0.4, 0.5) is 10.1 Å². The topological polar surface area (TPSA) is 43.3 Å². The van der Waals surface area contributed by atoms with Crippen LogP contribution < -0.4 is 5.32 Å². The highest BCUT2D eigenvalue weighted by Crippen LogP contribution is 2.61. The highest BCUT2D eigenvalue weighted by molar-refractivity contribution is 8.33. The summed E-state index contributed by atoms with van der Waals surface area (Å²) < 4.78 is 22.4. The number of nitrogens with one attached hydrogen (secondary N) is 1. The van der Waals surface area contributed by atoms with Crippen molar-refractivity contribution in [1.82, 2.24) is 3.97 Å². The molecule has 4 rings (SSSR count). The second-order valence-corrected chi connectivity index (χ2v) is 14.9. The van der Waals surface area contributed by atoms with Crippen LogP contribution >= 0.6 is 10.2 Å². The maximum absolute atomic E-state index is 13.7. The number of allylic oxidation sites excluding steroid dienone is 1. The number of hydrogen-bond acceptors (Lipinski definition) is 2. The Labute approximate surface area is 198 Å². The summed E-state index contributed by atoms with van der Waals surface area (Å²) in [4.78, 5) is 12.7. The number of benzene rings is 1. The number of aromatic nitrogens is 1. The molecule has 0 aliphatic carbocycles. The summed E-state index contributed by atoms with van der Waals surface area (Å²) in [6, 6.07) is 6.51. The normalized spacial score (nSPS) is 20.4. The summed E-state index contributed by atoms with van der Waals surface area (Å²) >= 11 is 0. The third-order valence-electron chi connectivity index (χ3n) is 6.87. The van der Waals surface area contributed by atoms with Crippen LogP contribution in [-0.2, 0) is 9.53 Å². The minimum atomic E-state index is -1.12. The molecule has 4 nitrogen and oxygen atoms in total. The van der Waals surface area contributed by atoms with E-state index in [4.69, 9.17) is 4.74 Å². The van der Waals surface area contributed by atoms with E-state index in [1.807, 2.05) is 19.9 Å². The van der Waals surface area contributed by atoms with Crippen molar-refractivity contribution in [2.45, 2.75) is 76.7 Å². The van der Waals surface area contributed by atoms with Crippen LogP contribution in [0.25, 0.3) is 11.1 Å². The molecule has 0 fully saturated rings. The maximum atomic E-state index is 13.7. The Morgan fingerprint density at radius 3 is 2.27 bits per heavy atom. The standard InChI is InChI=1S/C27H35FN2O2S/c1-16(2)33(17(3)4,18(5)6)30-12-11-19(15-30)22-14-24(32-27(22,7)8)25-21-10-9-20(28)13-23(21)29-26(25)31/h9-18H,1-8H3,(H,29,31)/b25-24+. The third kappa shape index (κ3) is 3.63. The zero-order valence-corrected chi connectivity index (χ0v) is 21.6. The average Bonchev–Trinajstić information content (AvgIpc) is 3.35. The van der Waals surface area contributed by atoms with Crippen LogP contribution in [0.2, 0.25) is 0 Å². The largest absolute Gasteiger partial charge is 0.482 e. The van der Waals surface area contributed by atoms with E-state index >= 15 is 0 Å². The van der Waals surface area contributed by atoms with Gasteiger partial charge in [-0.05, 0) is 44.2 Å². The number of carbonyl (C=O) groups is 1. The van der Waals surface area contributed by atoms with Crippen molar-refractivity contribution in [2.75, 3.05) is 5.32 Å². The van der Waals surface area contributed by atoms with Crippen molar-refractivity contribution in [3.8, 4) is 0 Å². The summed E-state index contributed by atoms with van der Waals surface area (Å²) in [7, 11) is -1.12. The maximum Gasteiger partial charge on any atom is 0.260 e. The van der Waals surface area contributed by atoms with Crippen molar-refractivity contribution in [3.63, 3.8) is 0 Å². The molecule has 2 aliphatic heterocycles. The first-order chi connectivity index (χ1) is 15.4. The first kappa shape index (κ1) is 23.7. The Morgan fingerprint density at radius 1 is 1.03 bits per heavy atom. The first-order valence-electron chi connectivity index (χ1n) is 11.6. The number of nitrogens with zero attached hydrogens (tertiary/aromatic N) is 1. The molecule has 2 aromatic rings. The van der Waals surface area contributed by atoms with Crippen molar-refractivity contribution >= 4 is 33.0 Å². The van der Waals surface area contributed by atoms with Gasteiger partial charge in [-0.3, -0.25) is 4.79 Å². The highest BCUT2D eigenvalue weighted by Gasteiger charge is 2.40. The Morgan fingerprint density at radius 2 is 1.67 bits per heavy atom. The predicted molar refractivity (Wildman–Crippen MR) is 138 cm³/mol. The van der Waals surface area contributed by atoms with Gasteiger partial charge in [0.2, 0.25) is 0 Å². The third-order valence-corrected chi connectivity index (χ3v) is 12.4. The lowest BCUT2D eigenvalue weighted by molar-refractivity contribution is -0.111. The lowest BCUT2D eigenvalue weighted by Crippen LogP contribution is -2.33. The molecule has 0 bridgehead atoms. The molecule has 3 heterocycles. The van der Waals surface area contributed by atoms with Gasteiger partial charge < -0.3 is 14.0 Å².